The van der Waals surface area contributed by atoms with Crippen LogP contribution in [-0.2, 0) is 22.4 Å². The Morgan fingerprint density at radius 2 is 1.11 bits per heavy atom. The molecule has 0 radical (unpaired) electrons. The fourth-order valence-electron chi connectivity index (χ4n) is 7.41. The number of likely N-dealkylation sites (N-methyl/N-ethyl adjacent to an activating group) is 2. The molecule has 2 unspecified atom stereocenters. The summed E-state index contributed by atoms with van der Waals surface area (Å²) in [5, 5.41) is 6.47. The highest BCUT2D eigenvalue weighted by molar-refractivity contribution is 6.35. The van der Waals surface area contributed by atoms with E-state index >= 15 is 0 Å². The minimum Gasteiger partial charge on any atom is -0.340 e. The quantitative estimate of drug-likeness (QED) is 0.174. The topological polar surface area (TPSA) is 125 Å². The van der Waals surface area contributed by atoms with Gasteiger partial charge in [-0.05, 0) is 87.5 Å². The molecule has 2 N–H and O–H groups in total. The summed E-state index contributed by atoms with van der Waals surface area (Å²) < 4.78 is 0. The maximum absolute atomic E-state index is 14.0. The Morgan fingerprint density at radius 1 is 0.536 bits per heavy atom. The van der Waals surface area contributed by atoms with Gasteiger partial charge in [-0.1, -0.05) is 71.7 Å². The van der Waals surface area contributed by atoms with Crippen LogP contribution in [0.5, 0.6) is 0 Å². The third-order valence-corrected chi connectivity index (χ3v) is 11.0. The lowest BCUT2D eigenvalue weighted by molar-refractivity contribution is -0.120. The average Bonchev–Trinajstić information content (AvgIpc) is 3.36. The summed E-state index contributed by atoms with van der Waals surface area (Å²) in [5.41, 5.74) is 7.88. The maximum Gasteiger partial charge on any atom is 0.254 e. The Labute approximate surface area is 333 Å². The number of aromatic nitrogens is 2. The summed E-state index contributed by atoms with van der Waals surface area (Å²) in [6.07, 6.45) is 7.30. The molecule has 2 aliphatic rings. The molecule has 8 rings (SSSR count). The van der Waals surface area contributed by atoms with Gasteiger partial charge in [0.2, 0.25) is 11.8 Å². The van der Waals surface area contributed by atoms with E-state index in [1.165, 1.54) is 9.80 Å². The zero-order valence-electron chi connectivity index (χ0n) is 30.3. The minimum absolute atomic E-state index is 0.162. The normalized spacial score (nSPS) is 16.7. The van der Waals surface area contributed by atoms with Crippen molar-refractivity contribution in [3.8, 4) is 33.4 Å². The second kappa shape index (κ2) is 15.1. The second-order valence-corrected chi connectivity index (χ2v) is 14.6. The van der Waals surface area contributed by atoms with Gasteiger partial charge in [0.1, 0.15) is 12.1 Å². The number of fused-ring (bicyclic) bond motifs is 2. The Kier molecular flexibility index (Phi) is 9.84. The molecule has 2 aromatic heterocycles. The number of carbonyl (C=O) groups excluding carboxylic acids is 4. The third kappa shape index (κ3) is 6.89. The first-order valence-electron chi connectivity index (χ1n) is 17.9. The highest BCUT2D eigenvalue weighted by Gasteiger charge is 2.35. The summed E-state index contributed by atoms with van der Waals surface area (Å²) in [6, 6.07) is 27.8. The van der Waals surface area contributed by atoms with Crippen LogP contribution in [0.4, 0.5) is 11.4 Å². The zero-order valence-corrected chi connectivity index (χ0v) is 31.8. The molecule has 4 heterocycles. The van der Waals surface area contributed by atoms with Crippen molar-refractivity contribution in [3.05, 3.63) is 154 Å². The SMILES string of the molecule is CN1C(=O)C(Cc2ccc(-c3ccncc3)cc2)NC(=O)c2cc(-c3cc(CC4NC(=O)c5cccc(Cl)c5N(C)C4=O)ccc3-c3ccncc3)c(Cl)cc21. The lowest BCUT2D eigenvalue weighted by atomic mass is 9.90. The standard InChI is InChI=1S/C44H34Cl2N6O4/c1-51-39-24-36(46)33(23-34(39)42(54)50-37(43(51)55)21-25-6-9-27(10-7-25)28-12-16-47-17-13-28)32-20-26(8-11-30(32)29-14-18-48-19-15-29)22-38-44(56)52(2)40-31(41(53)49-38)4-3-5-35(40)45/h3-20,23-24,37-38H,21-22H2,1-2H3,(H,49,53)(H,50,54). The van der Waals surface area contributed by atoms with Gasteiger partial charge in [-0.3, -0.25) is 29.1 Å². The molecule has 4 aromatic carbocycles. The largest absolute Gasteiger partial charge is 0.340 e. The Balaban J connectivity index is 1.13. The van der Waals surface area contributed by atoms with Gasteiger partial charge in [-0.15, -0.1) is 0 Å². The van der Waals surface area contributed by atoms with Crippen LogP contribution in [0.1, 0.15) is 31.8 Å². The third-order valence-electron chi connectivity index (χ3n) is 10.3. The van der Waals surface area contributed by atoms with Crippen LogP contribution < -0.4 is 20.4 Å². The average molecular weight is 782 g/mol. The van der Waals surface area contributed by atoms with Crippen LogP contribution in [0.2, 0.25) is 10.0 Å². The van der Waals surface area contributed by atoms with Crippen LogP contribution in [-0.4, -0.2) is 59.8 Å². The lowest BCUT2D eigenvalue weighted by Crippen LogP contribution is -2.45. The molecule has 0 saturated heterocycles. The number of pyridine rings is 2. The first-order chi connectivity index (χ1) is 27.1. The maximum atomic E-state index is 14.0. The van der Waals surface area contributed by atoms with Gasteiger partial charge in [0.25, 0.3) is 11.8 Å². The van der Waals surface area contributed by atoms with E-state index in [-0.39, 0.29) is 30.2 Å². The Morgan fingerprint density at radius 3 is 1.79 bits per heavy atom. The van der Waals surface area contributed by atoms with Crippen molar-refractivity contribution in [1.29, 1.82) is 0 Å². The molecule has 2 aliphatic heterocycles. The number of halogens is 2. The van der Waals surface area contributed by atoms with Crippen molar-refractivity contribution >= 4 is 58.2 Å². The number of amides is 4. The fourth-order valence-corrected chi connectivity index (χ4v) is 7.97. The number of hydrogen-bond acceptors (Lipinski definition) is 6. The van der Waals surface area contributed by atoms with Gasteiger partial charge in [0.15, 0.2) is 0 Å². The molecule has 0 aliphatic carbocycles. The highest BCUT2D eigenvalue weighted by Crippen LogP contribution is 2.41. The molecule has 6 aromatic rings. The molecule has 10 nitrogen and oxygen atoms in total. The number of rotatable bonds is 7. The Bertz CT molecular complexity index is 2530. The van der Waals surface area contributed by atoms with Crippen LogP contribution in [0.25, 0.3) is 33.4 Å². The highest BCUT2D eigenvalue weighted by atomic mass is 35.5. The molecular weight excluding hydrogens is 747 g/mol. The monoisotopic (exact) mass is 780 g/mol. The molecule has 2 atom stereocenters. The van der Waals surface area contributed by atoms with Gasteiger partial charge in [-0.25, -0.2) is 0 Å². The molecule has 0 saturated carbocycles. The van der Waals surface area contributed by atoms with Crippen LogP contribution in [0.15, 0.2) is 122 Å². The fraction of sp³-hybridized carbons (Fsp3) is 0.136. The zero-order chi connectivity index (χ0) is 39.1. The number of para-hydroxylation sites is 1. The van der Waals surface area contributed by atoms with E-state index in [1.54, 1.807) is 69.2 Å². The first-order valence-corrected chi connectivity index (χ1v) is 18.6. The van der Waals surface area contributed by atoms with E-state index < -0.39 is 23.9 Å². The van der Waals surface area contributed by atoms with E-state index in [4.69, 9.17) is 23.2 Å². The summed E-state index contributed by atoms with van der Waals surface area (Å²) in [5.74, 6) is -1.42. The van der Waals surface area contributed by atoms with Crippen LogP contribution >= 0.6 is 23.2 Å². The molecule has 0 bridgehead atoms. The van der Waals surface area contributed by atoms with Gasteiger partial charge >= 0.3 is 0 Å². The van der Waals surface area contributed by atoms with Gasteiger partial charge < -0.3 is 20.4 Å². The minimum atomic E-state index is -0.896. The van der Waals surface area contributed by atoms with Crippen LogP contribution in [0, 0.1) is 0 Å². The molecule has 4 amide bonds. The van der Waals surface area contributed by atoms with Gasteiger partial charge in [0, 0.05) is 57.3 Å². The van der Waals surface area contributed by atoms with E-state index in [0.717, 1.165) is 33.4 Å². The smallest absolute Gasteiger partial charge is 0.254 e. The van der Waals surface area contributed by atoms with Crippen molar-refractivity contribution in [1.82, 2.24) is 20.6 Å². The summed E-state index contributed by atoms with van der Waals surface area (Å²) in [6.45, 7) is 0. The van der Waals surface area contributed by atoms with E-state index in [0.29, 0.717) is 38.1 Å². The molecule has 12 heteroatoms. The molecule has 56 heavy (non-hydrogen) atoms. The van der Waals surface area contributed by atoms with Crippen molar-refractivity contribution in [2.45, 2.75) is 24.9 Å². The summed E-state index contributed by atoms with van der Waals surface area (Å²) in [7, 11) is 3.24. The van der Waals surface area contributed by atoms with Gasteiger partial charge in [0.05, 0.1) is 32.5 Å². The summed E-state index contributed by atoms with van der Waals surface area (Å²) in [4.78, 5) is 66.1. The van der Waals surface area contributed by atoms with Crippen molar-refractivity contribution in [2.75, 3.05) is 23.9 Å². The van der Waals surface area contributed by atoms with E-state index in [2.05, 4.69) is 20.6 Å². The molecule has 278 valence electrons. The van der Waals surface area contributed by atoms with E-state index in [1.807, 2.05) is 66.7 Å². The second-order valence-electron chi connectivity index (χ2n) is 13.8. The number of hydrogen-bond donors (Lipinski definition) is 2. The number of benzene rings is 4. The number of anilines is 2. The molecule has 0 fully saturated rings. The predicted octanol–water partition coefficient (Wildman–Crippen LogP) is 7.42. The molecular formula is C44H34Cl2N6O4. The predicted molar refractivity (Wildman–Crippen MR) is 218 cm³/mol. The van der Waals surface area contributed by atoms with Crippen LogP contribution in [0.3, 0.4) is 0 Å². The first kappa shape index (κ1) is 36.6. The van der Waals surface area contributed by atoms with Gasteiger partial charge in [-0.2, -0.15) is 0 Å². The molecule has 0 spiro atoms. The van der Waals surface area contributed by atoms with Crippen molar-refractivity contribution < 1.29 is 19.2 Å². The van der Waals surface area contributed by atoms with E-state index in [9.17, 15) is 19.2 Å². The van der Waals surface area contributed by atoms with Crippen molar-refractivity contribution in [2.24, 2.45) is 0 Å². The number of nitrogens with one attached hydrogen (secondary N) is 2. The Hall–Kier alpha value is -6.36. The lowest BCUT2D eigenvalue weighted by Gasteiger charge is -2.23. The number of nitrogens with zero attached hydrogens (tertiary/aromatic N) is 4. The number of carbonyl (C=O) groups is 4. The van der Waals surface area contributed by atoms with Crippen molar-refractivity contribution in [3.63, 3.8) is 0 Å². The summed E-state index contributed by atoms with van der Waals surface area (Å²) >= 11 is 13.5.